The third-order valence-electron chi connectivity index (χ3n) is 2.64. The molecule has 1 unspecified atom stereocenters. The normalized spacial score (nSPS) is 19.8. The first-order chi connectivity index (χ1) is 8.75. The summed E-state index contributed by atoms with van der Waals surface area (Å²) in [6, 6.07) is 7.75. The summed E-state index contributed by atoms with van der Waals surface area (Å²) in [5, 5.41) is 3.28. The highest BCUT2D eigenvalue weighted by molar-refractivity contribution is 5.39. The van der Waals surface area contributed by atoms with Crippen LogP contribution in [0.2, 0.25) is 0 Å². The van der Waals surface area contributed by atoms with Crippen molar-refractivity contribution in [1.82, 2.24) is 5.32 Å². The second kappa shape index (κ2) is 6.61. The monoisotopic (exact) mass is 251 g/mol. The first kappa shape index (κ1) is 13.2. The summed E-state index contributed by atoms with van der Waals surface area (Å²) in [6.45, 7) is 7.07. The molecule has 100 valence electrons. The molecule has 0 radical (unpaired) electrons. The molecule has 0 bridgehead atoms. The van der Waals surface area contributed by atoms with E-state index in [1.165, 1.54) is 0 Å². The zero-order valence-electron chi connectivity index (χ0n) is 11.0. The topological polar surface area (TPSA) is 39.7 Å². The van der Waals surface area contributed by atoms with Gasteiger partial charge in [-0.2, -0.15) is 0 Å². The summed E-state index contributed by atoms with van der Waals surface area (Å²) in [4.78, 5) is 0. The highest BCUT2D eigenvalue weighted by atomic mass is 16.5. The second-order valence-electron chi connectivity index (χ2n) is 4.62. The van der Waals surface area contributed by atoms with Gasteiger partial charge in [0, 0.05) is 13.1 Å². The van der Waals surface area contributed by atoms with Crippen LogP contribution in [0.25, 0.3) is 0 Å². The maximum atomic E-state index is 5.79. The molecule has 1 atom stereocenters. The molecule has 4 nitrogen and oxygen atoms in total. The van der Waals surface area contributed by atoms with Gasteiger partial charge < -0.3 is 19.5 Å². The minimum absolute atomic E-state index is 0.117. The Hall–Kier alpha value is -1.26. The Morgan fingerprint density at radius 1 is 1.33 bits per heavy atom. The standard InChI is InChI=1S/C14H21NO3/c1-11(2)18-14-6-4-3-5-13(14)17-10-12-9-15-7-8-16-12/h3-6,11-12,15H,7-10H2,1-2H3. The average molecular weight is 251 g/mol. The van der Waals surface area contributed by atoms with E-state index >= 15 is 0 Å². The Morgan fingerprint density at radius 2 is 2.11 bits per heavy atom. The molecule has 1 heterocycles. The number of rotatable bonds is 5. The van der Waals surface area contributed by atoms with E-state index in [4.69, 9.17) is 14.2 Å². The van der Waals surface area contributed by atoms with Crippen molar-refractivity contribution in [3.8, 4) is 11.5 Å². The van der Waals surface area contributed by atoms with Crippen molar-refractivity contribution >= 4 is 0 Å². The van der Waals surface area contributed by atoms with Crippen LogP contribution in [0.1, 0.15) is 13.8 Å². The van der Waals surface area contributed by atoms with Crippen molar-refractivity contribution < 1.29 is 14.2 Å². The van der Waals surface area contributed by atoms with E-state index in [2.05, 4.69) is 5.32 Å². The Kier molecular flexibility index (Phi) is 4.84. The van der Waals surface area contributed by atoms with Crippen LogP contribution in [0.15, 0.2) is 24.3 Å². The maximum absolute atomic E-state index is 5.79. The van der Waals surface area contributed by atoms with Gasteiger partial charge in [-0.1, -0.05) is 12.1 Å². The largest absolute Gasteiger partial charge is 0.487 e. The highest BCUT2D eigenvalue weighted by Gasteiger charge is 2.15. The summed E-state index contributed by atoms with van der Waals surface area (Å²) in [5.74, 6) is 1.57. The molecule has 18 heavy (non-hydrogen) atoms. The van der Waals surface area contributed by atoms with Gasteiger partial charge in [-0.15, -0.1) is 0 Å². The second-order valence-corrected chi connectivity index (χ2v) is 4.62. The minimum Gasteiger partial charge on any atom is -0.487 e. The van der Waals surface area contributed by atoms with Gasteiger partial charge in [-0.05, 0) is 26.0 Å². The van der Waals surface area contributed by atoms with Gasteiger partial charge >= 0.3 is 0 Å². The molecule has 0 aliphatic carbocycles. The lowest BCUT2D eigenvalue weighted by molar-refractivity contribution is -0.000534. The van der Waals surface area contributed by atoms with E-state index in [0.29, 0.717) is 6.61 Å². The summed E-state index contributed by atoms with van der Waals surface area (Å²) in [5.41, 5.74) is 0. The zero-order valence-corrected chi connectivity index (χ0v) is 11.0. The van der Waals surface area contributed by atoms with Crippen molar-refractivity contribution in [2.75, 3.05) is 26.3 Å². The summed E-state index contributed by atoms with van der Waals surface area (Å²) in [7, 11) is 0. The number of benzene rings is 1. The van der Waals surface area contributed by atoms with Crippen LogP contribution in [0, 0.1) is 0 Å². The van der Waals surface area contributed by atoms with Crippen LogP contribution < -0.4 is 14.8 Å². The van der Waals surface area contributed by atoms with E-state index < -0.39 is 0 Å². The lowest BCUT2D eigenvalue weighted by atomic mass is 10.3. The van der Waals surface area contributed by atoms with Crippen LogP contribution in [0.5, 0.6) is 11.5 Å². The Morgan fingerprint density at radius 3 is 2.78 bits per heavy atom. The molecule has 2 rings (SSSR count). The Balaban J connectivity index is 1.91. The van der Waals surface area contributed by atoms with E-state index in [-0.39, 0.29) is 12.2 Å². The van der Waals surface area contributed by atoms with Crippen LogP contribution in [0.4, 0.5) is 0 Å². The molecule has 0 aromatic heterocycles. The van der Waals surface area contributed by atoms with Gasteiger partial charge in [0.15, 0.2) is 11.5 Å². The van der Waals surface area contributed by atoms with Gasteiger partial charge in [0.1, 0.15) is 12.7 Å². The van der Waals surface area contributed by atoms with Crippen LogP contribution in [-0.4, -0.2) is 38.5 Å². The molecule has 1 aliphatic heterocycles. The maximum Gasteiger partial charge on any atom is 0.161 e. The van der Waals surface area contributed by atoms with Crippen molar-refractivity contribution in [1.29, 1.82) is 0 Å². The zero-order chi connectivity index (χ0) is 12.8. The molecule has 1 N–H and O–H groups in total. The van der Waals surface area contributed by atoms with Gasteiger partial charge in [-0.3, -0.25) is 0 Å². The molecule has 1 aliphatic rings. The molecule has 1 fully saturated rings. The van der Waals surface area contributed by atoms with E-state index in [1.807, 2.05) is 38.1 Å². The molecule has 0 spiro atoms. The first-order valence-corrected chi connectivity index (χ1v) is 6.46. The van der Waals surface area contributed by atoms with E-state index in [9.17, 15) is 0 Å². The molecule has 4 heteroatoms. The van der Waals surface area contributed by atoms with Gasteiger partial charge in [0.05, 0.1) is 12.7 Å². The molecule has 1 aromatic carbocycles. The fraction of sp³-hybridized carbons (Fsp3) is 0.571. The van der Waals surface area contributed by atoms with E-state index in [1.54, 1.807) is 0 Å². The molecule has 1 aromatic rings. The first-order valence-electron chi connectivity index (χ1n) is 6.46. The lowest BCUT2D eigenvalue weighted by Crippen LogP contribution is -2.41. The smallest absolute Gasteiger partial charge is 0.161 e. The Labute approximate surface area is 108 Å². The van der Waals surface area contributed by atoms with Crippen molar-refractivity contribution in [2.45, 2.75) is 26.1 Å². The number of nitrogens with one attached hydrogen (secondary N) is 1. The summed E-state index contributed by atoms with van der Waals surface area (Å²) in [6.07, 6.45) is 0.258. The number of hydrogen-bond acceptors (Lipinski definition) is 4. The van der Waals surface area contributed by atoms with Crippen LogP contribution in [0.3, 0.4) is 0 Å². The quantitative estimate of drug-likeness (QED) is 0.867. The fourth-order valence-corrected chi connectivity index (χ4v) is 1.83. The number of morpholine rings is 1. The van der Waals surface area contributed by atoms with Crippen molar-refractivity contribution in [3.63, 3.8) is 0 Å². The number of para-hydroxylation sites is 2. The minimum atomic E-state index is 0.117. The molecule has 0 saturated carbocycles. The van der Waals surface area contributed by atoms with Gasteiger partial charge in [-0.25, -0.2) is 0 Å². The van der Waals surface area contributed by atoms with Gasteiger partial charge in [0.25, 0.3) is 0 Å². The highest BCUT2D eigenvalue weighted by Crippen LogP contribution is 2.27. The van der Waals surface area contributed by atoms with E-state index in [0.717, 1.165) is 31.2 Å². The third-order valence-corrected chi connectivity index (χ3v) is 2.64. The number of ether oxygens (including phenoxy) is 3. The third kappa shape index (κ3) is 3.89. The molecule has 0 amide bonds. The molecule has 1 saturated heterocycles. The predicted octanol–water partition coefficient (Wildman–Crippen LogP) is 1.84. The number of hydrogen-bond donors (Lipinski definition) is 1. The van der Waals surface area contributed by atoms with Crippen LogP contribution in [-0.2, 0) is 4.74 Å². The average Bonchev–Trinajstić information content (AvgIpc) is 2.38. The summed E-state index contributed by atoms with van der Waals surface area (Å²) >= 11 is 0. The lowest BCUT2D eigenvalue weighted by Gasteiger charge is -2.24. The van der Waals surface area contributed by atoms with Gasteiger partial charge in [0.2, 0.25) is 0 Å². The van der Waals surface area contributed by atoms with Crippen molar-refractivity contribution in [2.24, 2.45) is 0 Å². The predicted molar refractivity (Wildman–Crippen MR) is 70.3 cm³/mol. The fourth-order valence-electron chi connectivity index (χ4n) is 1.83. The molecular weight excluding hydrogens is 230 g/mol. The van der Waals surface area contributed by atoms with Crippen molar-refractivity contribution in [3.05, 3.63) is 24.3 Å². The molecular formula is C14H21NO3. The SMILES string of the molecule is CC(C)Oc1ccccc1OCC1CNCCO1. The Bertz CT molecular complexity index is 362. The summed E-state index contributed by atoms with van der Waals surface area (Å²) < 4.78 is 17.1. The van der Waals surface area contributed by atoms with Crippen LogP contribution >= 0.6 is 0 Å².